The first-order valence-electron chi connectivity index (χ1n) is 11.6. The van der Waals surface area contributed by atoms with Gasteiger partial charge in [0.25, 0.3) is 0 Å². The topological polar surface area (TPSA) is 85.1 Å². The second-order valence-corrected chi connectivity index (χ2v) is 9.34. The molecule has 0 atom stereocenters. The van der Waals surface area contributed by atoms with Gasteiger partial charge in [0.2, 0.25) is 0 Å². The third-order valence-electron chi connectivity index (χ3n) is 6.71. The lowest BCUT2D eigenvalue weighted by Crippen LogP contribution is -2.40. The molecule has 7 heteroatoms. The maximum atomic E-state index is 10.1. The largest absolute Gasteiger partial charge is 0.508 e. The highest BCUT2D eigenvalue weighted by Crippen LogP contribution is 2.41. The van der Waals surface area contributed by atoms with E-state index in [0.717, 1.165) is 75.4 Å². The van der Waals surface area contributed by atoms with Crippen LogP contribution in [0.1, 0.15) is 19.3 Å². The lowest BCUT2D eigenvalue weighted by atomic mass is 10.1. The van der Waals surface area contributed by atoms with Gasteiger partial charge in [-0.3, -0.25) is 0 Å². The Labute approximate surface area is 196 Å². The Balaban J connectivity index is 1.38. The van der Waals surface area contributed by atoms with E-state index in [1.807, 2.05) is 24.3 Å². The molecule has 0 saturated carbocycles. The number of ether oxygens (including phenoxy) is 1. The summed E-state index contributed by atoms with van der Waals surface area (Å²) in [5.41, 5.74) is 3.88. The molecular weight excluding hydrogens is 436 g/mol. The summed E-state index contributed by atoms with van der Waals surface area (Å²) >= 11 is 6.32. The van der Waals surface area contributed by atoms with Crippen molar-refractivity contribution in [2.45, 2.75) is 25.3 Å². The Hall–Kier alpha value is -2.93. The molecule has 6 nitrogen and oxygen atoms in total. The highest BCUT2D eigenvalue weighted by molar-refractivity contribution is 6.32. The van der Waals surface area contributed by atoms with Gasteiger partial charge in [-0.25, -0.2) is 0 Å². The van der Waals surface area contributed by atoms with Gasteiger partial charge in [-0.15, -0.1) is 0 Å². The number of benzene rings is 3. The van der Waals surface area contributed by atoms with Crippen molar-refractivity contribution in [2.24, 2.45) is 0 Å². The van der Waals surface area contributed by atoms with Crippen molar-refractivity contribution < 1.29 is 9.84 Å². The number of rotatable bonds is 6. The normalized spacial score (nSPS) is 15.3. The number of hydrogen-bond donors (Lipinski definition) is 5. The molecule has 0 amide bonds. The van der Waals surface area contributed by atoms with Crippen molar-refractivity contribution in [3.63, 3.8) is 0 Å². The van der Waals surface area contributed by atoms with Crippen LogP contribution in [-0.2, 0) is 0 Å². The van der Waals surface area contributed by atoms with E-state index >= 15 is 0 Å². The summed E-state index contributed by atoms with van der Waals surface area (Å²) in [6.07, 6.45) is 3.29. The van der Waals surface area contributed by atoms with Crippen LogP contribution in [0.15, 0.2) is 42.5 Å². The summed E-state index contributed by atoms with van der Waals surface area (Å²) in [5, 5.41) is 22.0. The van der Waals surface area contributed by atoms with Crippen LogP contribution in [0.3, 0.4) is 0 Å². The summed E-state index contributed by atoms with van der Waals surface area (Å²) in [4.78, 5) is 7.05. The van der Waals surface area contributed by atoms with E-state index in [1.54, 1.807) is 12.1 Å². The number of nitrogens with one attached hydrogen (secondary N) is 4. The fraction of sp³-hybridized carbons (Fsp3) is 0.308. The van der Waals surface area contributed by atoms with Crippen LogP contribution in [0.25, 0.3) is 43.6 Å². The Morgan fingerprint density at radius 1 is 0.909 bits per heavy atom. The highest BCUT2D eigenvalue weighted by atomic mass is 35.5. The van der Waals surface area contributed by atoms with Crippen LogP contribution >= 0.6 is 11.6 Å². The minimum Gasteiger partial charge on any atom is -0.508 e. The number of phenols is 1. The van der Waals surface area contributed by atoms with E-state index < -0.39 is 0 Å². The van der Waals surface area contributed by atoms with E-state index in [-0.39, 0.29) is 5.75 Å². The molecule has 5 N–H and O–H groups in total. The zero-order chi connectivity index (χ0) is 22.4. The molecule has 3 heterocycles. The maximum Gasteiger partial charge on any atom is 0.167 e. The molecule has 1 aliphatic rings. The van der Waals surface area contributed by atoms with Gasteiger partial charge in [-0.1, -0.05) is 11.6 Å². The van der Waals surface area contributed by atoms with E-state index in [9.17, 15) is 5.11 Å². The summed E-state index contributed by atoms with van der Waals surface area (Å²) in [7, 11) is 0. The Kier molecular flexibility index (Phi) is 5.29. The summed E-state index contributed by atoms with van der Waals surface area (Å²) in [5.74, 6) is 1.06. The number of H-pyrrole nitrogens is 2. The third kappa shape index (κ3) is 3.78. The van der Waals surface area contributed by atoms with Crippen LogP contribution in [0, 0.1) is 0 Å². The number of hydrogen-bond acceptors (Lipinski definition) is 4. The SMILES string of the molecule is Oc1ccc2[nH]c3c(OCCCNC4CCNCC4)c4[nH]c5ccc(Cl)cc5c4cc3c2c1. The third-order valence-corrected chi connectivity index (χ3v) is 6.94. The van der Waals surface area contributed by atoms with Gasteiger partial charge in [0, 0.05) is 43.6 Å². The fourth-order valence-corrected chi connectivity index (χ4v) is 5.21. The van der Waals surface area contributed by atoms with Gasteiger partial charge in [-0.2, -0.15) is 0 Å². The molecule has 1 aliphatic heterocycles. The molecule has 3 aromatic carbocycles. The van der Waals surface area contributed by atoms with E-state index in [0.29, 0.717) is 17.7 Å². The summed E-state index contributed by atoms with van der Waals surface area (Å²) in [6, 6.07) is 14.0. The lowest BCUT2D eigenvalue weighted by molar-refractivity contribution is 0.303. The van der Waals surface area contributed by atoms with Crippen molar-refractivity contribution in [1.82, 2.24) is 20.6 Å². The van der Waals surface area contributed by atoms with Crippen molar-refractivity contribution in [3.05, 3.63) is 47.5 Å². The van der Waals surface area contributed by atoms with E-state index in [1.165, 1.54) is 12.8 Å². The van der Waals surface area contributed by atoms with Crippen molar-refractivity contribution >= 4 is 55.2 Å². The molecule has 2 aromatic heterocycles. The Bertz CT molecular complexity index is 1370. The monoisotopic (exact) mass is 462 g/mol. The van der Waals surface area contributed by atoms with Crippen LogP contribution in [0.4, 0.5) is 0 Å². The molecule has 5 aromatic rings. The van der Waals surface area contributed by atoms with E-state index in [2.05, 4.69) is 26.7 Å². The average Bonchev–Trinajstić information content (AvgIpc) is 3.37. The first-order chi connectivity index (χ1) is 16.2. The standard InChI is InChI=1S/C26H27ClN4O2/c27-15-2-4-22-18(12-15)20-14-21-19-13-17(32)3-5-23(19)31-25(21)26(24(20)30-22)33-11-1-8-29-16-6-9-28-10-7-16/h2-5,12-14,16,28-32H,1,6-11H2. The van der Waals surface area contributed by atoms with Gasteiger partial charge < -0.3 is 30.4 Å². The first kappa shape index (κ1) is 20.7. The highest BCUT2D eigenvalue weighted by Gasteiger charge is 2.18. The molecule has 0 radical (unpaired) electrons. The van der Waals surface area contributed by atoms with Crippen LogP contribution < -0.4 is 15.4 Å². The number of piperidine rings is 1. The van der Waals surface area contributed by atoms with Crippen LogP contribution in [-0.4, -0.2) is 47.4 Å². The van der Waals surface area contributed by atoms with Crippen molar-refractivity contribution in [1.29, 1.82) is 0 Å². The second-order valence-electron chi connectivity index (χ2n) is 8.90. The van der Waals surface area contributed by atoms with Gasteiger partial charge >= 0.3 is 0 Å². The number of aromatic amines is 2. The predicted molar refractivity (Wildman–Crippen MR) is 136 cm³/mol. The molecular formula is C26H27ClN4O2. The average molecular weight is 463 g/mol. The Morgan fingerprint density at radius 2 is 1.61 bits per heavy atom. The lowest BCUT2D eigenvalue weighted by Gasteiger charge is -2.23. The van der Waals surface area contributed by atoms with Crippen LogP contribution in [0.2, 0.25) is 5.02 Å². The van der Waals surface area contributed by atoms with E-state index in [4.69, 9.17) is 16.3 Å². The maximum absolute atomic E-state index is 10.1. The quantitative estimate of drug-likeness (QED) is 0.218. The number of aromatic hydroxyl groups is 1. The van der Waals surface area contributed by atoms with Crippen LogP contribution in [0.5, 0.6) is 11.5 Å². The number of aromatic nitrogens is 2. The number of halogens is 1. The second kappa shape index (κ2) is 8.45. The summed E-state index contributed by atoms with van der Waals surface area (Å²) < 4.78 is 6.43. The number of phenolic OH excluding ortho intramolecular Hbond substituents is 1. The van der Waals surface area contributed by atoms with Gasteiger partial charge in [0.15, 0.2) is 5.75 Å². The van der Waals surface area contributed by atoms with Gasteiger partial charge in [0.05, 0.1) is 17.6 Å². The fourth-order valence-electron chi connectivity index (χ4n) is 5.04. The zero-order valence-electron chi connectivity index (χ0n) is 18.3. The molecule has 6 rings (SSSR count). The smallest absolute Gasteiger partial charge is 0.167 e. The van der Waals surface area contributed by atoms with Crippen molar-refractivity contribution in [3.8, 4) is 11.5 Å². The molecule has 0 aliphatic carbocycles. The molecule has 0 bridgehead atoms. The minimum atomic E-state index is 0.247. The zero-order valence-corrected chi connectivity index (χ0v) is 19.1. The molecule has 1 fully saturated rings. The van der Waals surface area contributed by atoms with Gasteiger partial charge in [0.1, 0.15) is 5.75 Å². The predicted octanol–water partition coefficient (Wildman–Crippen LogP) is 5.43. The molecule has 33 heavy (non-hydrogen) atoms. The molecule has 170 valence electrons. The Morgan fingerprint density at radius 3 is 2.36 bits per heavy atom. The number of fused-ring (bicyclic) bond motifs is 6. The molecule has 0 unspecified atom stereocenters. The van der Waals surface area contributed by atoms with Crippen molar-refractivity contribution in [2.75, 3.05) is 26.2 Å². The molecule has 0 spiro atoms. The van der Waals surface area contributed by atoms with Gasteiger partial charge in [-0.05, 0) is 81.4 Å². The molecule has 1 saturated heterocycles. The summed E-state index contributed by atoms with van der Waals surface area (Å²) in [6.45, 7) is 3.73. The minimum absolute atomic E-state index is 0.247. The first-order valence-corrected chi connectivity index (χ1v) is 12.0.